The van der Waals surface area contributed by atoms with Crippen LogP contribution >= 0.6 is 0 Å². The summed E-state index contributed by atoms with van der Waals surface area (Å²) in [5.74, 6) is 0. The van der Waals surface area contributed by atoms with Gasteiger partial charge in [-0.15, -0.1) is 0 Å². The molecule has 0 bridgehead atoms. The molecule has 0 radical (unpaired) electrons. The molecule has 0 saturated carbocycles. The summed E-state index contributed by atoms with van der Waals surface area (Å²) >= 11 is 0. The zero-order valence-electron chi connectivity index (χ0n) is 4.94. The molecule has 3 nitrogen and oxygen atoms in total. The summed E-state index contributed by atoms with van der Waals surface area (Å²) in [5.41, 5.74) is 0. The summed E-state index contributed by atoms with van der Waals surface area (Å²) in [6.07, 6.45) is 3.99. The maximum absolute atomic E-state index is 9.00. The van der Waals surface area contributed by atoms with E-state index in [2.05, 4.69) is 11.7 Å². The molecule has 1 rings (SSSR count). The van der Waals surface area contributed by atoms with Crippen molar-refractivity contribution >= 4 is 0 Å². The molecule has 0 amide bonds. The second-order valence-electron chi connectivity index (χ2n) is 1.64. The molecule has 1 heterocycles. The smallest absolute Gasteiger partial charge is 0.165 e. The first kappa shape index (κ1) is 6.04. The van der Waals surface area contributed by atoms with Crippen LogP contribution in [0.3, 0.4) is 0 Å². The summed E-state index contributed by atoms with van der Waals surface area (Å²) in [4.78, 5) is 0. The lowest BCUT2D eigenvalue weighted by atomic mass is 10.5. The van der Waals surface area contributed by atoms with Gasteiger partial charge in [-0.3, -0.25) is 0 Å². The quantitative estimate of drug-likeness (QED) is 0.585. The first-order valence-electron chi connectivity index (χ1n) is 2.64. The van der Waals surface area contributed by atoms with Crippen molar-refractivity contribution in [3.63, 3.8) is 0 Å². The second kappa shape index (κ2) is 2.46. The fraction of sp³-hybridized carbons (Fsp3) is 0.167. The van der Waals surface area contributed by atoms with Crippen LogP contribution in [-0.4, -0.2) is 14.9 Å². The third kappa shape index (κ3) is 1.17. The Balaban J connectivity index is 2.76. The molecule has 48 valence electrons. The van der Waals surface area contributed by atoms with E-state index in [9.17, 15) is 0 Å². The van der Waals surface area contributed by atoms with Gasteiger partial charge in [-0.25, -0.2) is 4.68 Å². The average molecular weight is 124 g/mol. The van der Waals surface area contributed by atoms with Crippen LogP contribution in [-0.2, 0) is 0 Å². The normalized spacial score (nSPS) is 13.0. The van der Waals surface area contributed by atoms with Crippen molar-refractivity contribution in [2.24, 2.45) is 0 Å². The molecule has 1 aromatic rings. The first-order chi connectivity index (χ1) is 4.34. The topological polar surface area (TPSA) is 38.0 Å². The summed E-state index contributed by atoms with van der Waals surface area (Å²) in [6, 6.07) is 1.74. The second-order valence-corrected chi connectivity index (χ2v) is 1.64. The standard InChI is InChI=1S/C6H8N2O/c1-2-6(9)8-5-3-4-7-8/h2-6,9H,1H2. The fourth-order valence-electron chi connectivity index (χ4n) is 0.545. The summed E-state index contributed by atoms with van der Waals surface area (Å²) < 4.78 is 1.41. The van der Waals surface area contributed by atoms with Gasteiger partial charge in [-0.2, -0.15) is 5.10 Å². The maximum atomic E-state index is 9.00. The van der Waals surface area contributed by atoms with E-state index in [1.807, 2.05) is 0 Å². The summed E-state index contributed by atoms with van der Waals surface area (Å²) in [6.45, 7) is 3.41. The molecule has 1 N–H and O–H groups in total. The van der Waals surface area contributed by atoms with Crippen molar-refractivity contribution in [3.05, 3.63) is 31.1 Å². The van der Waals surface area contributed by atoms with Gasteiger partial charge in [0.25, 0.3) is 0 Å². The fourth-order valence-corrected chi connectivity index (χ4v) is 0.545. The van der Waals surface area contributed by atoms with E-state index >= 15 is 0 Å². The molecule has 0 spiro atoms. The van der Waals surface area contributed by atoms with Gasteiger partial charge in [0.05, 0.1) is 0 Å². The van der Waals surface area contributed by atoms with Crippen LogP contribution in [0.5, 0.6) is 0 Å². The molecule has 3 heteroatoms. The summed E-state index contributed by atoms with van der Waals surface area (Å²) in [7, 11) is 0. The van der Waals surface area contributed by atoms with Gasteiger partial charge in [0, 0.05) is 12.4 Å². The molecule has 0 aliphatic heterocycles. The van der Waals surface area contributed by atoms with Crippen molar-refractivity contribution in [1.29, 1.82) is 0 Å². The van der Waals surface area contributed by atoms with Gasteiger partial charge in [-0.1, -0.05) is 6.58 Å². The van der Waals surface area contributed by atoms with E-state index in [4.69, 9.17) is 5.11 Å². The minimum atomic E-state index is -0.694. The van der Waals surface area contributed by atoms with Crippen molar-refractivity contribution in [1.82, 2.24) is 9.78 Å². The highest BCUT2D eigenvalue weighted by molar-refractivity contribution is 4.83. The number of rotatable bonds is 2. The molecule has 0 aromatic carbocycles. The molecule has 1 aromatic heterocycles. The maximum Gasteiger partial charge on any atom is 0.165 e. The Morgan fingerprint density at radius 1 is 1.78 bits per heavy atom. The predicted octanol–water partition coefficient (Wildman–Crippen LogP) is 0.560. The molecule has 9 heavy (non-hydrogen) atoms. The Bertz CT molecular complexity index is 181. The molecule has 1 atom stereocenters. The van der Waals surface area contributed by atoms with Gasteiger partial charge in [-0.05, 0) is 12.1 Å². The number of aromatic nitrogens is 2. The Morgan fingerprint density at radius 2 is 2.56 bits per heavy atom. The Labute approximate surface area is 53.2 Å². The minimum absolute atomic E-state index is 0.694. The SMILES string of the molecule is C=CC(O)n1cccn1. The third-order valence-electron chi connectivity index (χ3n) is 1.01. The minimum Gasteiger partial charge on any atom is -0.368 e. The van der Waals surface area contributed by atoms with Crippen LogP contribution < -0.4 is 0 Å². The van der Waals surface area contributed by atoms with Crippen molar-refractivity contribution < 1.29 is 5.11 Å². The lowest BCUT2D eigenvalue weighted by molar-refractivity contribution is 0.140. The van der Waals surface area contributed by atoms with E-state index in [-0.39, 0.29) is 0 Å². The van der Waals surface area contributed by atoms with Crippen molar-refractivity contribution in [2.75, 3.05) is 0 Å². The summed E-state index contributed by atoms with van der Waals surface area (Å²) in [5, 5.41) is 12.8. The van der Waals surface area contributed by atoms with Crippen LogP contribution in [0.15, 0.2) is 31.1 Å². The van der Waals surface area contributed by atoms with Gasteiger partial charge >= 0.3 is 0 Å². The van der Waals surface area contributed by atoms with Crippen LogP contribution in [0.25, 0.3) is 0 Å². The van der Waals surface area contributed by atoms with Crippen molar-refractivity contribution in [3.8, 4) is 0 Å². The van der Waals surface area contributed by atoms with Crippen LogP contribution in [0.1, 0.15) is 6.23 Å². The molecule has 0 fully saturated rings. The predicted molar refractivity (Wildman–Crippen MR) is 33.7 cm³/mol. The Kier molecular flexibility index (Phi) is 1.65. The molecule has 1 unspecified atom stereocenters. The van der Waals surface area contributed by atoms with Gasteiger partial charge < -0.3 is 5.11 Å². The number of nitrogens with zero attached hydrogens (tertiary/aromatic N) is 2. The lowest BCUT2D eigenvalue weighted by Crippen LogP contribution is -2.04. The zero-order valence-corrected chi connectivity index (χ0v) is 4.94. The first-order valence-corrected chi connectivity index (χ1v) is 2.64. The van der Waals surface area contributed by atoms with E-state index in [1.54, 1.807) is 18.5 Å². The zero-order chi connectivity index (χ0) is 6.69. The van der Waals surface area contributed by atoms with Gasteiger partial charge in [0.1, 0.15) is 0 Å². The van der Waals surface area contributed by atoms with Crippen LogP contribution in [0.4, 0.5) is 0 Å². The van der Waals surface area contributed by atoms with E-state index in [0.29, 0.717) is 0 Å². The van der Waals surface area contributed by atoms with E-state index in [0.717, 1.165) is 0 Å². The highest BCUT2D eigenvalue weighted by Crippen LogP contribution is 1.98. The number of hydrogen-bond acceptors (Lipinski definition) is 2. The highest BCUT2D eigenvalue weighted by atomic mass is 16.3. The van der Waals surface area contributed by atoms with Gasteiger partial charge in [0.2, 0.25) is 0 Å². The Hall–Kier alpha value is -1.09. The van der Waals surface area contributed by atoms with Crippen molar-refractivity contribution in [2.45, 2.75) is 6.23 Å². The van der Waals surface area contributed by atoms with E-state index < -0.39 is 6.23 Å². The molecular weight excluding hydrogens is 116 g/mol. The lowest BCUT2D eigenvalue weighted by Gasteiger charge is -2.02. The molecule has 0 aliphatic rings. The Morgan fingerprint density at radius 3 is 3.00 bits per heavy atom. The monoisotopic (exact) mass is 124 g/mol. The number of aliphatic hydroxyl groups excluding tert-OH is 1. The molecular formula is C6H8N2O. The number of hydrogen-bond donors (Lipinski definition) is 1. The van der Waals surface area contributed by atoms with E-state index in [1.165, 1.54) is 10.8 Å². The number of aliphatic hydroxyl groups is 1. The highest BCUT2D eigenvalue weighted by Gasteiger charge is 1.96. The average Bonchev–Trinajstić information content (AvgIpc) is 2.37. The molecule has 0 saturated heterocycles. The van der Waals surface area contributed by atoms with Gasteiger partial charge in [0.15, 0.2) is 6.23 Å². The van der Waals surface area contributed by atoms with Crippen LogP contribution in [0.2, 0.25) is 0 Å². The van der Waals surface area contributed by atoms with Crippen LogP contribution in [0, 0.1) is 0 Å². The third-order valence-corrected chi connectivity index (χ3v) is 1.01. The largest absolute Gasteiger partial charge is 0.368 e. The molecule has 0 aliphatic carbocycles.